The Morgan fingerprint density at radius 1 is 1.44 bits per heavy atom. The summed E-state index contributed by atoms with van der Waals surface area (Å²) >= 11 is 0. The molecule has 0 atom stereocenters. The fraction of sp³-hybridized carbons (Fsp3) is 0.500. The van der Waals surface area contributed by atoms with E-state index in [-0.39, 0.29) is 0 Å². The summed E-state index contributed by atoms with van der Waals surface area (Å²) in [6.07, 6.45) is 5.96. The maximum absolute atomic E-state index is 5.64. The van der Waals surface area contributed by atoms with Gasteiger partial charge in [-0.25, -0.2) is 0 Å². The second-order valence-electron chi connectivity index (χ2n) is 5.07. The van der Waals surface area contributed by atoms with Gasteiger partial charge in [-0.2, -0.15) is 0 Å². The van der Waals surface area contributed by atoms with E-state index in [4.69, 9.17) is 4.74 Å². The van der Waals surface area contributed by atoms with Crippen LogP contribution in [0.2, 0.25) is 0 Å². The van der Waals surface area contributed by atoms with Crippen LogP contribution in [0.4, 0.5) is 0 Å². The molecule has 2 nitrogen and oxygen atoms in total. The number of nitrogens with one attached hydrogen (secondary N) is 1. The number of hydrogen-bond acceptors (Lipinski definition) is 2. The van der Waals surface area contributed by atoms with Gasteiger partial charge in [0.15, 0.2) is 0 Å². The maximum atomic E-state index is 5.64. The average Bonchev–Trinajstić information content (AvgIpc) is 3.18. The summed E-state index contributed by atoms with van der Waals surface area (Å²) in [4.78, 5) is 0. The molecule has 1 N–H and O–H groups in total. The molecule has 0 amide bonds. The highest BCUT2D eigenvalue weighted by molar-refractivity contribution is 5.54. The molecule has 2 heteroatoms. The molecule has 1 aromatic rings. The largest absolute Gasteiger partial charge is 0.494 e. The Morgan fingerprint density at radius 2 is 2.28 bits per heavy atom. The quantitative estimate of drug-likeness (QED) is 0.792. The highest BCUT2D eigenvalue weighted by Gasteiger charge is 2.19. The van der Waals surface area contributed by atoms with Crippen molar-refractivity contribution in [1.82, 2.24) is 5.32 Å². The summed E-state index contributed by atoms with van der Waals surface area (Å²) in [7, 11) is 0. The van der Waals surface area contributed by atoms with E-state index in [1.807, 2.05) is 6.07 Å². The number of benzene rings is 1. The molecule has 1 fully saturated rings. The number of rotatable bonds is 7. The molecule has 0 saturated heterocycles. The van der Waals surface area contributed by atoms with Crippen LogP contribution < -0.4 is 10.1 Å². The van der Waals surface area contributed by atoms with Crippen LogP contribution in [-0.2, 0) is 0 Å². The number of ether oxygens (including phenoxy) is 1. The Bertz CT molecular complexity index is 407. The van der Waals surface area contributed by atoms with E-state index in [2.05, 4.69) is 43.4 Å². The molecule has 0 aliphatic heterocycles. The Kier molecular flexibility index (Phi) is 4.82. The van der Waals surface area contributed by atoms with Gasteiger partial charge in [-0.1, -0.05) is 30.7 Å². The first kappa shape index (κ1) is 13.2. The lowest BCUT2D eigenvalue weighted by atomic mass is 10.1. The maximum Gasteiger partial charge on any atom is 0.119 e. The lowest BCUT2D eigenvalue weighted by molar-refractivity contribution is 0.317. The molecular formula is C16H23NO. The van der Waals surface area contributed by atoms with Crippen LogP contribution >= 0.6 is 0 Å². The molecule has 1 aliphatic carbocycles. The van der Waals surface area contributed by atoms with Gasteiger partial charge in [0.05, 0.1) is 6.61 Å². The van der Waals surface area contributed by atoms with Gasteiger partial charge in [-0.15, -0.1) is 0 Å². The van der Waals surface area contributed by atoms with Gasteiger partial charge in [-0.3, -0.25) is 0 Å². The Balaban J connectivity index is 1.91. The van der Waals surface area contributed by atoms with Gasteiger partial charge in [-0.05, 0) is 43.9 Å². The van der Waals surface area contributed by atoms with Crippen molar-refractivity contribution in [2.45, 2.75) is 39.2 Å². The van der Waals surface area contributed by atoms with Crippen molar-refractivity contribution in [3.8, 4) is 5.75 Å². The van der Waals surface area contributed by atoms with E-state index in [0.29, 0.717) is 0 Å². The Hall–Kier alpha value is -1.28. The van der Waals surface area contributed by atoms with Crippen LogP contribution in [-0.4, -0.2) is 19.2 Å². The molecule has 98 valence electrons. The zero-order chi connectivity index (χ0) is 12.8. The zero-order valence-corrected chi connectivity index (χ0v) is 11.4. The minimum absolute atomic E-state index is 0.771. The summed E-state index contributed by atoms with van der Waals surface area (Å²) in [6, 6.07) is 9.08. The monoisotopic (exact) mass is 245 g/mol. The molecule has 1 aromatic carbocycles. The molecule has 2 rings (SSSR count). The third-order valence-electron chi connectivity index (χ3n) is 2.99. The summed E-state index contributed by atoms with van der Waals surface area (Å²) in [5.41, 5.74) is 2.59. The summed E-state index contributed by atoms with van der Waals surface area (Å²) in [5, 5.41) is 3.53. The van der Waals surface area contributed by atoms with E-state index < -0.39 is 0 Å². The molecular weight excluding hydrogens is 222 g/mol. The molecule has 0 heterocycles. The summed E-state index contributed by atoms with van der Waals surface area (Å²) in [6.45, 7) is 6.08. The SMILES string of the molecule is CCCOc1cccc(C=C(C)CNC2CC2)c1. The molecule has 0 unspecified atom stereocenters. The number of hydrogen-bond donors (Lipinski definition) is 1. The Morgan fingerprint density at radius 3 is 3.00 bits per heavy atom. The van der Waals surface area contributed by atoms with Gasteiger partial charge in [0, 0.05) is 12.6 Å². The first-order valence-electron chi connectivity index (χ1n) is 6.91. The lowest BCUT2D eigenvalue weighted by Gasteiger charge is -2.06. The standard InChI is InChI=1S/C16H23NO/c1-3-9-18-16-6-4-5-14(11-16)10-13(2)12-17-15-7-8-15/h4-6,10-11,15,17H,3,7-9,12H2,1-2H3. The van der Waals surface area contributed by atoms with E-state index in [1.54, 1.807) is 0 Å². The first-order chi connectivity index (χ1) is 8.78. The fourth-order valence-corrected chi connectivity index (χ4v) is 1.84. The first-order valence-corrected chi connectivity index (χ1v) is 6.91. The van der Waals surface area contributed by atoms with E-state index in [0.717, 1.165) is 31.4 Å². The molecule has 1 aliphatic rings. The van der Waals surface area contributed by atoms with Gasteiger partial charge >= 0.3 is 0 Å². The van der Waals surface area contributed by atoms with E-state index in [9.17, 15) is 0 Å². The van der Waals surface area contributed by atoms with Crippen LogP contribution in [0.5, 0.6) is 5.75 Å². The highest BCUT2D eigenvalue weighted by atomic mass is 16.5. The van der Waals surface area contributed by atoms with Crippen LogP contribution in [0.1, 0.15) is 38.7 Å². The topological polar surface area (TPSA) is 21.3 Å². The molecule has 0 aromatic heterocycles. The smallest absolute Gasteiger partial charge is 0.119 e. The van der Waals surface area contributed by atoms with Crippen LogP contribution in [0, 0.1) is 0 Å². The van der Waals surface area contributed by atoms with Crippen molar-refractivity contribution in [3.63, 3.8) is 0 Å². The van der Waals surface area contributed by atoms with Crippen LogP contribution in [0.15, 0.2) is 29.8 Å². The molecule has 0 spiro atoms. The molecule has 0 bridgehead atoms. The van der Waals surface area contributed by atoms with Crippen molar-refractivity contribution in [3.05, 3.63) is 35.4 Å². The highest BCUT2D eigenvalue weighted by Crippen LogP contribution is 2.19. The van der Waals surface area contributed by atoms with Crippen LogP contribution in [0.25, 0.3) is 6.08 Å². The second kappa shape index (κ2) is 6.60. The van der Waals surface area contributed by atoms with E-state index >= 15 is 0 Å². The van der Waals surface area contributed by atoms with Crippen molar-refractivity contribution >= 4 is 6.08 Å². The zero-order valence-electron chi connectivity index (χ0n) is 11.4. The van der Waals surface area contributed by atoms with Gasteiger partial charge in [0.25, 0.3) is 0 Å². The average molecular weight is 245 g/mol. The van der Waals surface area contributed by atoms with Gasteiger partial charge in [0.1, 0.15) is 5.75 Å². The van der Waals surface area contributed by atoms with E-state index in [1.165, 1.54) is 24.0 Å². The second-order valence-corrected chi connectivity index (χ2v) is 5.07. The summed E-state index contributed by atoms with van der Waals surface area (Å²) < 4.78 is 5.64. The predicted octanol–water partition coefficient (Wildman–Crippen LogP) is 3.63. The third kappa shape index (κ3) is 4.53. The lowest BCUT2D eigenvalue weighted by Crippen LogP contribution is -2.18. The minimum Gasteiger partial charge on any atom is -0.494 e. The Labute approximate surface area is 110 Å². The summed E-state index contributed by atoms with van der Waals surface area (Å²) in [5.74, 6) is 0.966. The third-order valence-corrected chi connectivity index (χ3v) is 2.99. The molecule has 18 heavy (non-hydrogen) atoms. The minimum atomic E-state index is 0.771. The predicted molar refractivity (Wildman–Crippen MR) is 76.9 cm³/mol. The fourth-order valence-electron chi connectivity index (χ4n) is 1.84. The van der Waals surface area contributed by atoms with Crippen molar-refractivity contribution in [1.29, 1.82) is 0 Å². The van der Waals surface area contributed by atoms with Crippen molar-refractivity contribution in [2.75, 3.05) is 13.2 Å². The van der Waals surface area contributed by atoms with Crippen molar-refractivity contribution in [2.24, 2.45) is 0 Å². The normalized spacial score (nSPS) is 15.8. The van der Waals surface area contributed by atoms with Crippen LogP contribution in [0.3, 0.4) is 0 Å². The molecule has 1 saturated carbocycles. The van der Waals surface area contributed by atoms with Crippen molar-refractivity contribution < 1.29 is 4.74 Å². The van der Waals surface area contributed by atoms with Gasteiger partial charge in [0.2, 0.25) is 0 Å². The molecule has 0 radical (unpaired) electrons. The van der Waals surface area contributed by atoms with Gasteiger partial charge < -0.3 is 10.1 Å².